The molecule has 1 aromatic rings. The molecule has 0 fully saturated rings. The van der Waals surface area contributed by atoms with Crippen molar-refractivity contribution >= 4 is 6.09 Å². The van der Waals surface area contributed by atoms with Gasteiger partial charge in [0, 0.05) is 18.2 Å². The van der Waals surface area contributed by atoms with E-state index in [-0.39, 0.29) is 6.54 Å². The maximum atomic E-state index is 11.9. The average molecular weight is 297 g/mol. The molecule has 118 valence electrons. The second kappa shape index (κ2) is 7.12. The highest BCUT2D eigenvalue weighted by atomic mass is 16.6. The minimum Gasteiger partial charge on any atom is -0.495 e. The molecule has 1 aromatic heterocycles. The second-order valence-electron chi connectivity index (χ2n) is 5.40. The summed E-state index contributed by atoms with van der Waals surface area (Å²) in [5, 5.41) is 2.72. The van der Waals surface area contributed by atoms with Gasteiger partial charge in [-0.15, -0.1) is 0 Å². The van der Waals surface area contributed by atoms with E-state index < -0.39 is 17.7 Å². The molecule has 1 atom stereocenters. The molecule has 0 radical (unpaired) electrons. The fourth-order valence-electron chi connectivity index (χ4n) is 1.71. The smallest absolute Gasteiger partial charge is 0.408 e. The van der Waals surface area contributed by atoms with Gasteiger partial charge in [-0.25, -0.2) is 9.78 Å². The summed E-state index contributed by atoms with van der Waals surface area (Å²) in [5.74, 6) is 0.928. The van der Waals surface area contributed by atoms with E-state index in [1.54, 1.807) is 26.8 Å². The Balaban J connectivity index is 2.96. The van der Waals surface area contributed by atoms with Gasteiger partial charge < -0.3 is 25.3 Å². The van der Waals surface area contributed by atoms with E-state index >= 15 is 0 Å². The lowest BCUT2D eigenvalue weighted by Crippen LogP contribution is -2.38. The van der Waals surface area contributed by atoms with E-state index in [1.165, 1.54) is 20.4 Å². The Kier molecular flexibility index (Phi) is 5.78. The number of hydrogen-bond acceptors (Lipinski definition) is 6. The third-order valence-corrected chi connectivity index (χ3v) is 2.60. The first-order valence-corrected chi connectivity index (χ1v) is 6.58. The van der Waals surface area contributed by atoms with Crippen LogP contribution < -0.4 is 20.5 Å². The fraction of sp³-hybridized carbons (Fsp3) is 0.571. The number of hydrogen-bond donors (Lipinski definition) is 2. The summed E-state index contributed by atoms with van der Waals surface area (Å²) in [4.78, 5) is 15.9. The number of nitrogens with two attached hydrogens (primary N) is 1. The van der Waals surface area contributed by atoms with E-state index in [0.29, 0.717) is 17.2 Å². The number of carbonyl (C=O) groups excluding carboxylic acids is 1. The fourth-order valence-corrected chi connectivity index (χ4v) is 1.71. The van der Waals surface area contributed by atoms with Gasteiger partial charge in [0.1, 0.15) is 11.4 Å². The molecule has 0 aromatic carbocycles. The summed E-state index contributed by atoms with van der Waals surface area (Å²) in [6, 6.07) is 1.21. The summed E-state index contributed by atoms with van der Waals surface area (Å²) in [7, 11) is 3.03. The summed E-state index contributed by atoms with van der Waals surface area (Å²) in [5.41, 5.74) is 5.84. The van der Waals surface area contributed by atoms with Crippen LogP contribution in [-0.2, 0) is 4.74 Å². The quantitative estimate of drug-likeness (QED) is 0.857. The van der Waals surface area contributed by atoms with Crippen LogP contribution in [-0.4, -0.2) is 37.4 Å². The van der Waals surface area contributed by atoms with Crippen molar-refractivity contribution in [3.8, 4) is 11.6 Å². The highest BCUT2D eigenvalue weighted by molar-refractivity contribution is 5.68. The number of aromatic nitrogens is 1. The SMILES string of the molecule is COc1cc(C(CN)NC(=O)OC(C)(C)C)c(OC)cn1. The molecule has 0 aliphatic rings. The van der Waals surface area contributed by atoms with Crippen LogP contribution in [0.2, 0.25) is 0 Å². The number of nitrogens with one attached hydrogen (secondary N) is 1. The lowest BCUT2D eigenvalue weighted by molar-refractivity contribution is 0.0504. The Morgan fingerprint density at radius 3 is 2.52 bits per heavy atom. The Bertz CT molecular complexity index is 486. The van der Waals surface area contributed by atoms with Crippen LogP contribution in [0.15, 0.2) is 12.3 Å². The van der Waals surface area contributed by atoms with Crippen molar-refractivity contribution < 1.29 is 19.0 Å². The van der Waals surface area contributed by atoms with Gasteiger partial charge in [-0.3, -0.25) is 0 Å². The van der Waals surface area contributed by atoms with Crippen molar-refractivity contribution in [1.82, 2.24) is 10.3 Å². The molecule has 1 heterocycles. The van der Waals surface area contributed by atoms with Crippen LogP contribution in [0.3, 0.4) is 0 Å². The van der Waals surface area contributed by atoms with Crippen molar-refractivity contribution in [1.29, 1.82) is 0 Å². The first-order chi connectivity index (χ1) is 9.80. The zero-order valence-corrected chi connectivity index (χ0v) is 13.1. The first kappa shape index (κ1) is 17.0. The van der Waals surface area contributed by atoms with Crippen molar-refractivity contribution in [2.75, 3.05) is 20.8 Å². The zero-order valence-electron chi connectivity index (χ0n) is 13.1. The molecule has 0 saturated carbocycles. The molecule has 7 heteroatoms. The van der Waals surface area contributed by atoms with E-state index in [0.717, 1.165) is 0 Å². The minimum atomic E-state index is -0.580. The lowest BCUT2D eigenvalue weighted by atomic mass is 10.1. The van der Waals surface area contributed by atoms with Gasteiger partial charge in [0.05, 0.1) is 26.5 Å². The predicted octanol–water partition coefficient (Wildman–Crippen LogP) is 1.62. The summed E-state index contributed by atoms with van der Waals surface area (Å²) < 4.78 is 15.6. The lowest BCUT2D eigenvalue weighted by Gasteiger charge is -2.24. The molecule has 21 heavy (non-hydrogen) atoms. The molecule has 0 aliphatic carbocycles. The Morgan fingerprint density at radius 1 is 1.38 bits per heavy atom. The van der Waals surface area contributed by atoms with Gasteiger partial charge in [0.2, 0.25) is 5.88 Å². The van der Waals surface area contributed by atoms with Gasteiger partial charge in [-0.05, 0) is 20.8 Å². The van der Waals surface area contributed by atoms with Crippen molar-refractivity contribution in [3.05, 3.63) is 17.8 Å². The molecule has 1 amide bonds. The summed E-state index contributed by atoms with van der Waals surface area (Å²) in [6.45, 7) is 5.56. The number of methoxy groups -OCH3 is 2. The second-order valence-corrected chi connectivity index (χ2v) is 5.40. The van der Waals surface area contributed by atoms with Crippen LogP contribution >= 0.6 is 0 Å². The molecule has 1 unspecified atom stereocenters. The third kappa shape index (κ3) is 5.11. The number of alkyl carbamates (subject to hydrolysis) is 1. The number of pyridine rings is 1. The largest absolute Gasteiger partial charge is 0.495 e. The molecule has 3 N–H and O–H groups in total. The molecule has 0 bridgehead atoms. The number of rotatable bonds is 5. The van der Waals surface area contributed by atoms with Gasteiger partial charge in [-0.2, -0.15) is 0 Å². The zero-order chi connectivity index (χ0) is 16.0. The maximum Gasteiger partial charge on any atom is 0.408 e. The molecule has 0 saturated heterocycles. The van der Waals surface area contributed by atoms with Gasteiger partial charge >= 0.3 is 6.09 Å². The molecular weight excluding hydrogens is 274 g/mol. The van der Waals surface area contributed by atoms with Gasteiger partial charge in [-0.1, -0.05) is 0 Å². The summed E-state index contributed by atoms with van der Waals surface area (Å²) in [6.07, 6.45) is 0.976. The Hall–Kier alpha value is -2.02. The van der Waals surface area contributed by atoms with E-state index in [9.17, 15) is 4.79 Å². The molecule has 0 aliphatic heterocycles. The Labute approximate surface area is 124 Å². The molecule has 7 nitrogen and oxygen atoms in total. The first-order valence-electron chi connectivity index (χ1n) is 6.58. The van der Waals surface area contributed by atoms with Crippen molar-refractivity contribution in [3.63, 3.8) is 0 Å². The number of ether oxygens (including phenoxy) is 3. The third-order valence-electron chi connectivity index (χ3n) is 2.60. The number of carbonyl (C=O) groups is 1. The van der Waals surface area contributed by atoms with E-state index in [2.05, 4.69) is 10.3 Å². The monoisotopic (exact) mass is 297 g/mol. The topological polar surface area (TPSA) is 95.7 Å². The van der Waals surface area contributed by atoms with Crippen molar-refractivity contribution in [2.45, 2.75) is 32.4 Å². The van der Waals surface area contributed by atoms with Crippen LogP contribution in [0.1, 0.15) is 32.4 Å². The van der Waals surface area contributed by atoms with Gasteiger partial charge in [0.25, 0.3) is 0 Å². The van der Waals surface area contributed by atoms with Crippen LogP contribution in [0, 0.1) is 0 Å². The summed E-state index contributed by atoms with van der Waals surface area (Å²) >= 11 is 0. The molecule has 0 spiro atoms. The number of amides is 1. The Morgan fingerprint density at radius 2 is 2.05 bits per heavy atom. The molecule has 1 rings (SSSR count). The van der Waals surface area contributed by atoms with Crippen molar-refractivity contribution in [2.24, 2.45) is 5.73 Å². The average Bonchev–Trinajstić information content (AvgIpc) is 2.42. The van der Waals surface area contributed by atoms with Crippen LogP contribution in [0.5, 0.6) is 11.6 Å². The highest BCUT2D eigenvalue weighted by Gasteiger charge is 2.22. The minimum absolute atomic E-state index is 0.183. The van der Waals surface area contributed by atoms with E-state index in [4.69, 9.17) is 19.9 Å². The number of nitrogens with zero attached hydrogens (tertiary/aromatic N) is 1. The highest BCUT2D eigenvalue weighted by Crippen LogP contribution is 2.27. The van der Waals surface area contributed by atoms with Crippen LogP contribution in [0.25, 0.3) is 0 Å². The maximum absolute atomic E-state index is 11.9. The molecular formula is C14H23N3O4. The van der Waals surface area contributed by atoms with Gasteiger partial charge in [0.15, 0.2) is 0 Å². The predicted molar refractivity (Wildman–Crippen MR) is 78.5 cm³/mol. The van der Waals surface area contributed by atoms with E-state index in [1.807, 2.05) is 0 Å². The standard InChI is InChI=1S/C14H23N3O4/c1-14(2,3)21-13(18)17-10(7-15)9-6-12(20-5)16-8-11(9)19-4/h6,8,10H,7,15H2,1-5H3,(H,17,18). The van der Waals surface area contributed by atoms with Crippen LogP contribution in [0.4, 0.5) is 4.79 Å². The normalized spacial score (nSPS) is 12.5.